The van der Waals surface area contributed by atoms with Gasteiger partial charge in [0.25, 0.3) is 5.91 Å². The quantitative estimate of drug-likeness (QED) is 0.924. The maximum Gasteiger partial charge on any atom is 0.270 e. The minimum absolute atomic E-state index is 0.0394. The highest BCUT2D eigenvalue weighted by Crippen LogP contribution is 2.40. The van der Waals surface area contributed by atoms with Crippen molar-refractivity contribution in [2.45, 2.75) is 45.4 Å². The van der Waals surface area contributed by atoms with Gasteiger partial charge >= 0.3 is 0 Å². The van der Waals surface area contributed by atoms with Gasteiger partial charge in [0.1, 0.15) is 5.75 Å². The molecule has 5 heteroatoms. The number of benzene rings is 1. The number of nitrogens with zero attached hydrogens (tertiary/aromatic N) is 1. The summed E-state index contributed by atoms with van der Waals surface area (Å²) >= 11 is 0. The van der Waals surface area contributed by atoms with Crippen LogP contribution in [0.25, 0.3) is 0 Å². The van der Waals surface area contributed by atoms with E-state index in [4.69, 9.17) is 15.2 Å². The second-order valence-corrected chi connectivity index (χ2v) is 6.17. The Morgan fingerprint density at radius 2 is 2.05 bits per heavy atom. The molecule has 1 heterocycles. The SMILES string of the molecule is COCC(N)c1ccc2c(c1)N(C(C)C)C(=O)C(C)(C)O2. The maximum atomic E-state index is 12.6. The molecule has 0 aromatic heterocycles. The monoisotopic (exact) mass is 292 g/mol. The first-order chi connectivity index (χ1) is 9.77. The first kappa shape index (κ1) is 15.8. The van der Waals surface area contributed by atoms with Crippen LogP contribution in [0.2, 0.25) is 0 Å². The molecule has 0 radical (unpaired) electrons. The summed E-state index contributed by atoms with van der Waals surface area (Å²) in [7, 11) is 1.62. The number of nitrogens with two attached hydrogens (primary N) is 1. The van der Waals surface area contributed by atoms with Crippen molar-refractivity contribution in [3.63, 3.8) is 0 Å². The Hall–Kier alpha value is -1.59. The number of anilines is 1. The molecule has 116 valence electrons. The van der Waals surface area contributed by atoms with Crippen molar-refractivity contribution >= 4 is 11.6 Å². The number of fused-ring (bicyclic) bond motifs is 1. The summed E-state index contributed by atoms with van der Waals surface area (Å²) in [4.78, 5) is 14.4. The second-order valence-electron chi connectivity index (χ2n) is 6.17. The first-order valence-corrected chi connectivity index (χ1v) is 7.19. The van der Waals surface area contributed by atoms with Crippen LogP contribution >= 0.6 is 0 Å². The molecule has 1 aromatic carbocycles. The van der Waals surface area contributed by atoms with Crippen molar-refractivity contribution in [3.8, 4) is 5.75 Å². The maximum absolute atomic E-state index is 12.6. The molecular formula is C16H24N2O3. The summed E-state index contributed by atoms with van der Waals surface area (Å²) < 4.78 is 10.9. The molecule has 1 aromatic rings. The highest BCUT2D eigenvalue weighted by Gasteiger charge is 2.42. The van der Waals surface area contributed by atoms with Gasteiger partial charge in [-0.2, -0.15) is 0 Å². The highest BCUT2D eigenvalue weighted by atomic mass is 16.5. The van der Waals surface area contributed by atoms with Crippen LogP contribution in [0.5, 0.6) is 5.75 Å². The van der Waals surface area contributed by atoms with Gasteiger partial charge in [0, 0.05) is 13.2 Å². The third-order valence-electron chi connectivity index (χ3n) is 3.63. The topological polar surface area (TPSA) is 64.8 Å². The lowest BCUT2D eigenvalue weighted by Gasteiger charge is -2.41. The molecular weight excluding hydrogens is 268 g/mol. The first-order valence-electron chi connectivity index (χ1n) is 7.19. The summed E-state index contributed by atoms with van der Waals surface area (Å²) in [5.41, 5.74) is 6.93. The van der Waals surface area contributed by atoms with Gasteiger partial charge in [0.15, 0.2) is 5.60 Å². The van der Waals surface area contributed by atoms with E-state index in [9.17, 15) is 4.79 Å². The van der Waals surface area contributed by atoms with Crippen molar-refractivity contribution < 1.29 is 14.3 Å². The molecule has 0 bridgehead atoms. The smallest absolute Gasteiger partial charge is 0.270 e. The van der Waals surface area contributed by atoms with Gasteiger partial charge in [-0.05, 0) is 45.4 Å². The number of methoxy groups -OCH3 is 1. The molecule has 0 saturated heterocycles. The Balaban J connectivity index is 2.48. The Kier molecular flexibility index (Phi) is 4.25. The summed E-state index contributed by atoms with van der Waals surface area (Å²) in [6.07, 6.45) is 0. The van der Waals surface area contributed by atoms with E-state index in [-0.39, 0.29) is 18.0 Å². The second kappa shape index (κ2) is 5.66. The van der Waals surface area contributed by atoms with Gasteiger partial charge in [-0.25, -0.2) is 0 Å². The zero-order valence-electron chi connectivity index (χ0n) is 13.3. The van der Waals surface area contributed by atoms with E-state index < -0.39 is 5.60 Å². The van der Waals surface area contributed by atoms with Crippen molar-refractivity contribution in [2.75, 3.05) is 18.6 Å². The summed E-state index contributed by atoms with van der Waals surface area (Å²) in [5, 5.41) is 0. The zero-order chi connectivity index (χ0) is 15.8. The number of ether oxygens (including phenoxy) is 2. The van der Waals surface area contributed by atoms with Crippen molar-refractivity contribution in [3.05, 3.63) is 23.8 Å². The van der Waals surface area contributed by atoms with Gasteiger partial charge in [-0.15, -0.1) is 0 Å². The molecule has 5 nitrogen and oxygen atoms in total. The van der Waals surface area contributed by atoms with Gasteiger partial charge in [0.05, 0.1) is 18.3 Å². The number of carbonyl (C=O) groups excluding carboxylic acids is 1. The molecule has 0 aliphatic carbocycles. The predicted molar refractivity (Wildman–Crippen MR) is 82.6 cm³/mol. The number of amides is 1. The number of hydrogen-bond acceptors (Lipinski definition) is 4. The van der Waals surface area contributed by atoms with Crippen molar-refractivity contribution in [2.24, 2.45) is 5.73 Å². The molecule has 1 aliphatic heterocycles. The number of rotatable bonds is 4. The van der Waals surface area contributed by atoms with Crippen LogP contribution < -0.4 is 15.4 Å². The summed E-state index contributed by atoms with van der Waals surface area (Å²) in [5.74, 6) is 0.670. The largest absolute Gasteiger partial charge is 0.476 e. The average molecular weight is 292 g/mol. The molecule has 2 N–H and O–H groups in total. The van der Waals surface area contributed by atoms with E-state index in [1.54, 1.807) is 25.9 Å². The van der Waals surface area contributed by atoms with Crippen LogP contribution in [0.15, 0.2) is 18.2 Å². The lowest BCUT2D eigenvalue weighted by molar-refractivity contribution is -0.133. The van der Waals surface area contributed by atoms with Crippen LogP contribution in [-0.2, 0) is 9.53 Å². The molecule has 0 spiro atoms. The number of carbonyl (C=O) groups is 1. The molecule has 21 heavy (non-hydrogen) atoms. The van der Waals surface area contributed by atoms with E-state index in [2.05, 4.69) is 0 Å². The van der Waals surface area contributed by atoms with E-state index in [1.807, 2.05) is 32.0 Å². The Morgan fingerprint density at radius 1 is 1.38 bits per heavy atom. The Bertz CT molecular complexity index is 540. The molecule has 1 amide bonds. The fraction of sp³-hybridized carbons (Fsp3) is 0.562. The predicted octanol–water partition coefficient (Wildman–Crippen LogP) is 2.25. The molecule has 1 aliphatic rings. The molecule has 0 fully saturated rings. The van der Waals surface area contributed by atoms with Gasteiger partial charge in [0.2, 0.25) is 0 Å². The summed E-state index contributed by atoms with van der Waals surface area (Å²) in [6.45, 7) is 7.99. The van der Waals surface area contributed by atoms with Crippen LogP contribution in [-0.4, -0.2) is 31.3 Å². The van der Waals surface area contributed by atoms with E-state index >= 15 is 0 Å². The van der Waals surface area contributed by atoms with E-state index in [0.717, 1.165) is 11.3 Å². The fourth-order valence-electron chi connectivity index (χ4n) is 2.55. The standard InChI is InChI=1S/C16H24N2O3/c1-10(2)18-13-8-11(12(17)9-20-5)6-7-14(13)21-16(3,4)15(18)19/h6-8,10,12H,9,17H2,1-5H3. The van der Waals surface area contributed by atoms with Crippen LogP contribution in [0, 0.1) is 0 Å². The van der Waals surface area contributed by atoms with Gasteiger partial charge in [-0.1, -0.05) is 6.07 Å². The average Bonchev–Trinajstić information content (AvgIpc) is 2.39. The van der Waals surface area contributed by atoms with Crippen LogP contribution in [0.4, 0.5) is 5.69 Å². The zero-order valence-corrected chi connectivity index (χ0v) is 13.3. The number of hydrogen-bond donors (Lipinski definition) is 1. The molecule has 2 rings (SSSR count). The lowest BCUT2D eigenvalue weighted by Crippen LogP contribution is -2.54. The molecule has 0 saturated carbocycles. The lowest BCUT2D eigenvalue weighted by atomic mass is 9.99. The van der Waals surface area contributed by atoms with Crippen molar-refractivity contribution in [1.29, 1.82) is 0 Å². The Labute approximate surface area is 126 Å². The van der Waals surface area contributed by atoms with Crippen LogP contribution in [0.1, 0.15) is 39.3 Å². The highest BCUT2D eigenvalue weighted by molar-refractivity contribution is 6.02. The fourth-order valence-corrected chi connectivity index (χ4v) is 2.55. The molecule has 1 atom stereocenters. The summed E-state index contributed by atoms with van der Waals surface area (Å²) in [6, 6.07) is 5.55. The van der Waals surface area contributed by atoms with E-state index in [0.29, 0.717) is 12.4 Å². The minimum atomic E-state index is -0.854. The third kappa shape index (κ3) is 2.89. The van der Waals surface area contributed by atoms with Gasteiger partial charge in [-0.3, -0.25) is 4.79 Å². The normalized spacial score (nSPS) is 18.4. The van der Waals surface area contributed by atoms with E-state index in [1.165, 1.54) is 0 Å². The van der Waals surface area contributed by atoms with Crippen LogP contribution in [0.3, 0.4) is 0 Å². The Morgan fingerprint density at radius 3 is 2.62 bits per heavy atom. The van der Waals surface area contributed by atoms with Crippen molar-refractivity contribution in [1.82, 2.24) is 0 Å². The minimum Gasteiger partial charge on any atom is -0.476 e. The third-order valence-corrected chi connectivity index (χ3v) is 3.63. The van der Waals surface area contributed by atoms with Gasteiger partial charge < -0.3 is 20.1 Å². The molecule has 1 unspecified atom stereocenters.